The van der Waals surface area contributed by atoms with Crippen molar-refractivity contribution in [1.82, 2.24) is 9.97 Å². The Morgan fingerprint density at radius 3 is 3.06 bits per heavy atom. The third kappa shape index (κ3) is 2.46. The van der Waals surface area contributed by atoms with Gasteiger partial charge in [0.05, 0.1) is 5.69 Å². The molecule has 0 saturated heterocycles. The lowest BCUT2D eigenvalue weighted by Gasteiger charge is -2.04. The lowest BCUT2D eigenvalue weighted by molar-refractivity contribution is 0.573. The van der Waals surface area contributed by atoms with Crippen molar-refractivity contribution >= 4 is 5.82 Å². The number of nitrogens with one attached hydrogen (secondary N) is 1. The molecule has 3 rings (SSSR count). The van der Waals surface area contributed by atoms with Crippen molar-refractivity contribution in [2.45, 2.75) is 19.8 Å². The highest BCUT2D eigenvalue weighted by molar-refractivity contribution is 5.58. The number of hydrogen-bond donors (Lipinski definition) is 1. The second-order valence-electron chi connectivity index (χ2n) is 4.55. The van der Waals surface area contributed by atoms with E-state index in [4.69, 9.17) is 4.42 Å². The quantitative estimate of drug-likeness (QED) is 0.875. The molecule has 1 saturated carbocycles. The van der Waals surface area contributed by atoms with Crippen LogP contribution >= 0.6 is 0 Å². The molecule has 1 aliphatic carbocycles. The summed E-state index contributed by atoms with van der Waals surface area (Å²) < 4.78 is 5.38. The molecule has 0 aromatic carbocycles. The maximum Gasteiger partial charge on any atom is 0.226 e. The van der Waals surface area contributed by atoms with E-state index in [1.807, 2.05) is 19.1 Å². The zero-order valence-electron chi connectivity index (χ0n) is 9.81. The van der Waals surface area contributed by atoms with Gasteiger partial charge in [0.25, 0.3) is 0 Å². The summed E-state index contributed by atoms with van der Waals surface area (Å²) in [5.74, 6) is 2.38. The molecular formula is C13H15N3O. The Bertz CT molecular complexity index is 517. The topological polar surface area (TPSA) is 51.0 Å². The van der Waals surface area contributed by atoms with Crippen LogP contribution in [0.4, 0.5) is 5.82 Å². The number of aryl methyl sites for hydroxylation is 1. The van der Waals surface area contributed by atoms with Gasteiger partial charge in [-0.25, -0.2) is 9.97 Å². The zero-order chi connectivity index (χ0) is 11.7. The maximum absolute atomic E-state index is 5.38. The Morgan fingerprint density at radius 2 is 2.35 bits per heavy atom. The minimum atomic E-state index is 0.652. The number of hydrogen-bond acceptors (Lipinski definition) is 4. The molecule has 0 radical (unpaired) electrons. The summed E-state index contributed by atoms with van der Waals surface area (Å²) in [5, 5.41) is 3.34. The Labute approximate surface area is 100 Å². The summed E-state index contributed by atoms with van der Waals surface area (Å²) in [6.45, 7) is 2.93. The average molecular weight is 229 g/mol. The van der Waals surface area contributed by atoms with Gasteiger partial charge in [0.15, 0.2) is 0 Å². The van der Waals surface area contributed by atoms with Crippen LogP contribution in [0.5, 0.6) is 0 Å². The van der Waals surface area contributed by atoms with Crippen molar-refractivity contribution in [3.8, 4) is 11.5 Å². The molecule has 1 aliphatic rings. The Balaban J connectivity index is 1.77. The van der Waals surface area contributed by atoms with Crippen LogP contribution in [0.1, 0.15) is 18.5 Å². The summed E-state index contributed by atoms with van der Waals surface area (Å²) in [4.78, 5) is 8.60. The van der Waals surface area contributed by atoms with Crippen LogP contribution in [0.3, 0.4) is 0 Å². The number of aromatic nitrogens is 2. The molecule has 0 aliphatic heterocycles. The number of rotatable bonds is 4. The van der Waals surface area contributed by atoms with Crippen molar-refractivity contribution in [2.75, 3.05) is 11.9 Å². The molecule has 0 amide bonds. The van der Waals surface area contributed by atoms with Crippen molar-refractivity contribution in [3.05, 3.63) is 30.3 Å². The summed E-state index contributed by atoms with van der Waals surface area (Å²) >= 11 is 0. The molecule has 1 N–H and O–H groups in total. The molecule has 2 aromatic heterocycles. The van der Waals surface area contributed by atoms with E-state index in [0.717, 1.165) is 29.5 Å². The molecular weight excluding hydrogens is 214 g/mol. The van der Waals surface area contributed by atoms with Crippen LogP contribution in [0.25, 0.3) is 11.5 Å². The van der Waals surface area contributed by atoms with Gasteiger partial charge < -0.3 is 9.73 Å². The van der Waals surface area contributed by atoms with E-state index in [1.165, 1.54) is 12.8 Å². The Morgan fingerprint density at radius 1 is 1.47 bits per heavy atom. The predicted octanol–water partition coefficient (Wildman–Crippen LogP) is 2.87. The molecule has 0 atom stereocenters. The second kappa shape index (κ2) is 4.20. The first-order valence-electron chi connectivity index (χ1n) is 5.94. The van der Waals surface area contributed by atoms with Crippen molar-refractivity contribution in [3.63, 3.8) is 0 Å². The van der Waals surface area contributed by atoms with Crippen LogP contribution in [-0.4, -0.2) is 16.5 Å². The normalized spacial score (nSPS) is 14.9. The third-order valence-electron chi connectivity index (χ3n) is 2.89. The van der Waals surface area contributed by atoms with Gasteiger partial charge in [0.1, 0.15) is 12.1 Å². The van der Waals surface area contributed by atoms with E-state index >= 15 is 0 Å². The van der Waals surface area contributed by atoms with E-state index in [0.29, 0.717) is 5.89 Å². The SMILES string of the molecule is Cc1coc(-c2ccnc(NCC3CC3)c2)n1. The van der Waals surface area contributed by atoms with Gasteiger partial charge in [-0.1, -0.05) is 0 Å². The van der Waals surface area contributed by atoms with Crippen molar-refractivity contribution < 1.29 is 4.42 Å². The Hall–Kier alpha value is -1.84. The minimum absolute atomic E-state index is 0.652. The first-order valence-corrected chi connectivity index (χ1v) is 5.94. The fourth-order valence-corrected chi connectivity index (χ4v) is 1.72. The van der Waals surface area contributed by atoms with Gasteiger partial charge in [-0.15, -0.1) is 0 Å². The van der Waals surface area contributed by atoms with Gasteiger partial charge >= 0.3 is 0 Å². The highest BCUT2D eigenvalue weighted by Crippen LogP contribution is 2.29. The number of nitrogens with zero attached hydrogens (tertiary/aromatic N) is 2. The molecule has 88 valence electrons. The molecule has 2 heterocycles. The van der Waals surface area contributed by atoms with E-state index in [9.17, 15) is 0 Å². The van der Waals surface area contributed by atoms with Crippen molar-refractivity contribution in [1.29, 1.82) is 0 Å². The monoisotopic (exact) mass is 229 g/mol. The van der Waals surface area contributed by atoms with E-state index < -0.39 is 0 Å². The standard InChI is InChI=1S/C13H15N3O/c1-9-8-17-13(16-9)11-4-5-14-12(6-11)15-7-10-2-3-10/h4-6,8,10H,2-3,7H2,1H3,(H,14,15). The van der Waals surface area contributed by atoms with E-state index in [-0.39, 0.29) is 0 Å². The number of anilines is 1. The van der Waals surface area contributed by atoms with E-state index in [1.54, 1.807) is 12.5 Å². The summed E-state index contributed by atoms with van der Waals surface area (Å²) in [7, 11) is 0. The van der Waals surface area contributed by atoms with Crippen LogP contribution in [0.15, 0.2) is 29.0 Å². The molecule has 0 unspecified atom stereocenters. The van der Waals surface area contributed by atoms with Crippen LogP contribution < -0.4 is 5.32 Å². The lowest BCUT2D eigenvalue weighted by atomic mass is 10.2. The average Bonchev–Trinajstić information content (AvgIpc) is 3.08. The summed E-state index contributed by atoms with van der Waals surface area (Å²) in [6, 6.07) is 3.89. The van der Waals surface area contributed by atoms with Crippen molar-refractivity contribution in [2.24, 2.45) is 5.92 Å². The molecule has 0 spiro atoms. The van der Waals surface area contributed by atoms with Gasteiger partial charge in [0.2, 0.25) is 5.89 Å². The predicted molar refractivity (Wildman–Crippen MR) is 65.7 cm³/mol. The zero-order valence-corrected chi connectivity index (χ0v) is 9.81. The molecule has 4 nitrogen and oxygen atoms in total. The third-order valence-corrected chi connectivity index (χ3v) is 2.89. The molecule has 1 fully saturated rings. The molecule has 0 bridgehead atoms. The number of oxazole rings is 1. The van der Waals surface area contributed by atoms with Gasteiger partial charge in [0, 0.05) is 18.3 Å². The second-order valence-corrected chi connectivity index (χ2v) is 4.55. The van der Waals surface area contributed by atoms with Crippen LogP contribution in [0, 0.1) is 12.8 Å². The highest BCUT2D eigenvalue weighted by Gasteiger charge is 2.20. The van der Waals surface area contributed by atoms with Gasteiger partial charge in [-0.05, 0) is 37.8 Å². The fraction of sp³-hybridized carbons (Fsp3) is 0.385. The number of pyridine rings is 1. The first kappa shape index (κ1) is 10.3. The largest absolute Gasteiger partial charge is 0.444 e. The summed E-state index contributed by atoms with van der Waals surface area (Å²) in [6.07, 6.45) is 6.12. The molecule has 4 heteroatoms. The van der Waals surface area contributed by atoms with E-state index in [2.05, 4.69) is 15.3 Å². The Kier molecular flexibility index (Phi) is 2.55. The smallest absolute Gasteiger partial charge is 0.226 e. The fourth-order valence-electron chi connectivity index (χ4n) is 1.72. The molecule has 17 heavy (non-hydrogen) atoms. The van der Waals surface area contributed by atoms with Gasteiger partial charge in [-0.3, -0.25) is 0 Å². The first-order chi connectivity index (χ1) is 8.31. The molecule has 2 aromatic rings. The minimum Gasteiger partial charge on any atom is -0.444 e. The maximum atomic E-state index is 5.38. The summed E-state index contributed by atoms with van der Waals surface area (Å²) in [5.41, 5.74) is 1.86. The van der Waals surface area contributed by atoms with Gasteiger partial charge in [-0.2, -0.15) is 0 Å². The lowest BCUT2D eigenvalue weighted by Crippen LogP contribution is -2.04. The van der Waals surface area contributed by atoms with Crippen LogP contribution in [-0.2, 0) is 0 Å². The highest BCUT2D eigenvalue weighted by atomic mass is 16.3. The van der Waals surface area contributed by atoms with Crippen LogP contribution in [0.2, 0.25) is 0 Å².